The minimum absolute atomic E-state index is 0.120. The van der Waals surface area contributed by atoms with Gasteiger partial charge in [-0.1, -0.05) is 48.6 Å². The first kappa shape index (κ1) is 18.1. The van der Waals surface area contributed by atoms with Crippen molar-refractivity contribution in [3.8, 4) is 0 Å². The number of hydrogen-bond donors (Lipinski definition) is 2. The zero-order valence-electron chi connectivity index (χ0n) is 15.5. The van der Waals surface area contributed by atoms with Gasteiger partial charge >= 0.3 is 0 Å². The summed E-state index contributed by atoms with van der Waals surface area (Å²) in [5.74, 6) is -0.120. The first-order valence-electron chi connectivity index (χ1n) is 8.69. The third-order valence-electron chi connectivity index (χ3n) is 4.50. The van der Waals surface area contributed by atoms with Crippen molar-refractivity contribution in [1.29, 1.82) is 0 Å². The van der Waals surface area contributed by atoms with E-state index >= 15 is 0 Å². The average Bonchev–Trinajstić information content (AvgIpc) is 3.00. The third kappa shape index (κ3) is 3.78. The van der Waals surface area contributed by atoms with Crippen LogP contribution in [0.1, 0.15) is 39.0 Å². The van der Waals surface area contributed by atoms with Crippen LogP contribution in [0.3, 0.4) is 0 Å². The fraction of sp³-hybridized carbons (Fsp3) is 0.238. The highest BCUT2D eigenvalue weighted by Gasteiger charge is 2.17. The van der Waals surface area contributed by atoms with E-state index in [1.54, 1.807) is 0 Å². The lowest BCUT2D eigenvalue weighted by Gasteiger charge is -2.09. The van der Waals surface area contributed by atoms with Crippen molar-refractivity contribution in [2.75, 3.05) is 10.6 Å². The molecule has 0 fully saturated rings. The molecule has 0 saturated heterocycles. The molecule has 1 heterocycles. The van der Waals surface area contributed by atoms with Crippen molar-refractivity contribution in [3.63, 3.8) is 0 Å². The molecule has 0 bridgehead atoms. The van der Waals surface area contributed by atoms with Gasteiger partial charge in [0.15, 0.2) is 5.13 Å². The standard InChI is InChI=1S/C21H23N3OS/c1-5-16-10-6-7-11-18(16)24-21-22-15(4)19(26-21)20(25)23-17-12-8-9-13(2)14(17)3/h6-12H,5H2,1-4H3,(H,22,24)(H,23,25). The van der Waals surface area contributed by atoms with Gasteiger partial charge in [-0.3, -0.25) is 4.79 Å². The van der Waals surface area contributed by atoms with Gasteiger partial charge in [0, 0.05) is 11.4 Å². The second-order valence-corrected chi connectivity index (χ2v) is 7.27. The molecule has 0 radical (unpaired) electrons. The van der Waals surface area contributed by atoms with E-state index in [2.05, 4.69) is 28.6 Å². The smallest absolute Gasteiger partial charge is 0.267 e. The molecule has 0 spiro atoms. The van der Waals surface area contributed by atoms with Gasteiger partial charge < -0.3 is 10.6 Å². The molecule has 2 aromatic carbocycles. The van der Waals surface area contributed by atoms with Gasteiger partial charge in [-0.15, -0.1) is 0 Å². The number of thiazole rings is 1. The Bertz CT molecular complexity index is 946. The number of amides is 1. The summed E-state index contributed by atoms with van der Waals surface area (Å²) < 4.78 is 0. The number of anilines is 3. The number of carbonyl (C=O) groups excluding carboxylic acids is 1. The summed E-state index contributed by atoms with van der Waals surface area (Å²) >= 11 is 1.38. The molecule has 4 nitrogen and oxygen atoms in total. The minimum Gasteiger partial charge on any atom is -0.331 e. The minimum atomic E-state index is -0.120. The second kappa shape index (κ2) is 7.70. The zero-order chi connectivity index (χ0) is 18.7. The Morgan fingerprint density at radius 1 is 1.04 bits per heavy atom. The van der Waals surface area contributed by atoms with E-state index in [9.17, 15) is 4.79 Å². The Morgan fingerprint density at radius 2 is 1.77 bits per heavy atom. The van der Waals surface area contributed by atoms with Crippen LogP contribution >= 0.6 is 11.3 Å². The van der Waals surface area contributed by atoms with Crippen LogP contribution in [-0.2, 0) is 6.42 Å². The summed E-state index contributed by atoms with van der Waals surface area (Å²) in [6.07, 6.45) is 0.938. The monoisotopic (exact) mass is 365 g/mol. The summed E-state index contributed by atoms with van der Waals surface area (Å²) in [6.45, 7) is 8.04. The van der Waals surface area contributed by atoms with Crippen LogP contribution in [0.2, 0.25) is 0 Å². The van der Waals surface area contributed by atoms with Crippen molar-refractivity contribution >= 4 is 33.8 Å². The second-order valence-electron chi connectivity index (χ2n) is 6.27. The van der Waals surface area contributed by atoms with Crippen molar-refractivity contribution < 1.29 is 4.79 Å². The molecule has 26 heavy (non-hydrogen) atoms. The van der Waals surface area contributed by atoms with Crippen molar-refractivity contribution in [2.24, 2.45) is 0 Å². The predicted molar refractivity (Wildman–Crippen MR) is 110 cm³/mol. The SMILES string of the molecule is CCc1ccccc1Nc1nc(C)c(C(=O)Nc2cccc(C)c2C)s1. The molecule has 1 aromatic heterocycles. The summed E-state index contributed by atoms with van der Waals surface area (Å²) in [4.78, 5) is 17.9. The highest BCUT2D eigenvalue weighted by molar-refractivity contribution is 7.17. The highest BCUT2D eigenvalue weighted by atomic mass is 32.1. The van der Waals surface area contributed by atoms with Crippen molar-refractivity contribution in [1.82, 2.24) is 4.98 Å². The van der Waals surface area contributed by atoms with Crippen molar-refractivity contribution in [2.45, 2.75) is 34.1 Å². The predicted octanol–water partition coefficient (Wildman–Crippen LogP) is 5.63. The normalized spacial score (nSPS) is 10.6. The van der Waals surface area contributed by atoms with Gasteiger partial charge in [0.1, 0.15) is 4.88 Å². The van der Waals surface area contributed by atoms with Gasteiger partial charge in [-0.05, 0) is 56.0 Å². The fourth-order valence-corrected chi connectivity index (χ4v) is 3.67. The van der Waals surface area contributed by atoms with Crippen LogP contribution < -0.4 is 10.6 Å². The van der Waals surface area contributed by atoms with E-state index in [1.807, 2.05) is 57.2 Å². The highest BCUT2D eigenvalue weighted by Crippen LogP contribution is 2.29. The molecule has 0 unspecified atom stereocenters. The molecule has 134 valence electrons. The number of rotatable bonds is 5. The largest absolute Gasteiger partial charge is 0.331 e. The number of nitrogens with zero attached hydrogens (tertiary/aromatic N) is 1. The van der Waals surface area contributed by atoms with Crippen LogP contribution in [0.15, 0.2) is 42.5 Å². The molecule has 0 aliphatic carbocycles. The summed E-state index contributed by atoms with van der Waals surface area (Å²) in [5.41, 5.74) is 6.07. The lowest BCUT2D eigenvalue weighted by atomic mass is 10.1. The van der Waals surface area contributed by atoms with Crippen molar-refractivity contribution in [3.05, 3.63) is 69.7 Å². The van der Waals surface area contributed by atoms with Crippen LogP contribution in [0.5, 0.6) is 0 Å². The van der Waals surface area contributed by atoms with Gasteiger partial charge in [0.25, 0.3) is 5.91 Å². The van der Waals surface area contributed by atoms with E-state index in [0.717, 1.165) is 39.7 Å². The molecule has 1 amide bonds. The summed E-state index contributed by atoms with van der Waals surface area (Å²) in [6, 6.07) is 14.1. The van der Waals surface area contributed by atoms with Crippen LogP contribution in [0.25, 0.3) is 0 Å². The Morgan fingerprint density at radius 3 is 2.54 bits per heavy atom. The third-order valence-corrected chi connectivity index (χ3v) is 5.57. The van der Waals surface area contributed by atoms with Crippen LogP contribution in [0.4, 0.5) is 16.5 Å². The topological polar surface area (TPSA) is 54.0 Å². The fourth-order valence-electron chi connectivity index (χ4n) is 2.79. The molecule has 0 atom stereocenters. The molecule has 5 heteroatoms. The number of aromatic nitrogens is 1. The lowest BCUT2D eigenvalue weighted by molar-refractivity contribution is 0.102. The molecule has 3 rings (SSSR count). The Kier molecular flexibility index (Phi) is 5.38. The molecule has 2 N–H and O–H groups in total. The van der Waals surface area contributed by atoms with Gasteiger partial charge in [0.05, 0.1) is 5.69 Å². The Hall–Kier alpha value is -2.66. The maximum Gasteiger partial charge on any atom is 0.267 e. The van der Waals surface area contributed by atoms with Gasteiger partial charge in [-0.25, -0.2) is 4.98 Å². The maximum absolute atomic E-state index is 12.7. The molecule has 3 aromatic rings. The number of para-hydroxylation sites is 1. The lowest BCUT2D eigenvalue weighted by Crippen LogP contribution is -2.12. The first-order chi connectivity index (χ1) is 12.5. The Balaban J connectivity index is 1.81. The Labute approximate surface area is 158 Å². The number of hydrogen-bond acceptors (Lipinski definition) is 4. The van der Waals surface area contributed by atoms with Gasteiger partial charge in [0.2, 0.25) is 0 Å². The first-order valence-corrected chi connectivity index (χ1v) is 9.51. The van der Waals surface area contributed by atoms with E-state index in [-0.39, 0.29) is 5.91 Å². The number of nitrogens with one attached hydrogen (secondary N) is 2. The zero-order valence-corrected chi connectivity index (χ0v) is 16.3. The maximum atomic E-state index is 12.7. The van der Waals surface area contributed by atoms with E-state index in [4.69, 9.17) is 0 Å². The summed E-state index contributed by atoms with van der Waals surface area (Å²) in [5, 5.41) is 7.09. The molecule has 0 saturated carbocycles. The average molecular weight is 366 g/mol. The molecular weight excluding hydrogens is 342 g/mol. The number of carbonyl (C=O) groups is 1. The molecular formula is C21H23N3OS. The van der Waals surface area contributed by atoms with E-state index in [0.29, 0.717) is 4.88 Å². The quantitative estimate of drug-likeness (QED) is 0.616. The number of benzene rings is 2. The van der Waals surface area contributed by atoms with Gasteiger partial charge in [-0.2, -0.15) is 0 Å². The van der Waals surface area contributed by atoms with Crippen LogP contribution in [-0.4, -0.2) is 10.9 Å². The molecule has 0 aliphatic heterocycles. The van der Waals surface area contributed by atoms with Crippen LogP contribution in [0, 0.1) is 20.8 Å². The number of aryl methyl sites for hydroxylation is 3. The summed E-state index contributed by atoms with van der Waals surface area (Å²) in [7, 11) is 0. The van der Waals surface area contributed by atoms with E-state index in [1.165, 1.54) is 16.9 Å². The molecule has 0 aliphatic rings. The van der Waals surface area contributed by atoms with E-state index < -0.39 is 0 Å².